The quantitative estimate of drug-likeness (QED) is 0.732. The maximum atomic E-state index is 12.3. The van der Waals surface area contributed by atoms with E-state index in [2.05, 4.69) is 17.0 Å². The molecular formula is C15H26N2O3S. The third kappa shape index (κ3) is 5.39. The zero-order chi connectivity index (χ0) is 15.9. The van der Waals surface area contributed by atoms with Crippen LogP contribution < -0.4 is 10.0 Å². The van der Waals surface area contributed by atoms with Crippen LogP contribution in [0.2, 0.25) is 0 Å². The first-order chi connectivity index (χ1) is 9.94. The fourth-order valence-corrected chi connectivity index (χ4v) is 3.21. The summed E-state index contributed by atoms with van der Waals surface area (Å²) in [5.74, 6) is 0. The van der Waals surface area contributed by atoms with E-state index in [1.54, 1.807) is 25.3 Å². The molecule has 6 heteroatoms. The molecule has 0 bridgehead atoms. The number of rotatable bonds is 9. The number of nitrogens with one attached hydrogen (secondary N) is 2. The van der Waals surface area contributed by atoms with Crippen LogP contribution in [0, 0.1) is 0 Å². The smallest absolute Gasteiger partial charge is 0.240 e. The maximum Gasteiger partial charge on any atom is 0.240 e. The lowest BCUT2D eigenvalue weighted by Crippen LogP contribution is -2.31. The van der Waals surface area contributed by atoms with Crippen molar-refractivity contribution >= 4 is 10.0 Å². The lowest BCUT2D eigenvalue weighted by atomic mass is 10.0. The van der Waals surface area contributed by atoms with E-state index in [1.165, 1.54) is 0 Å². The molecule has 0 saturated heterocycles. The molecule has 0 aromatic heterocycles. The third-order valence-electron chi connectivity index (χ3n) is 3.39. The predicted molar refractivity (Wildman–Crippen MR) is 84.8 cm³/mol. The summed E-state index contributed by atoms with van der Waals surface area (Å²) in [6.07, 6.45) is 0.749. The Bertz CT molecular complexity index is 531. The summed E-state index contributed by atoms with van der Waals surface area (Å²) in [7, 11) is -1.95. The van der Waals surface area contributed by atoms with Gasteiger partial charge in [-0.25, -0.2) is 13.1 Å². The van der Waals surface area contributed by atoms with Crippen LogP contribution in [0.15, 0.2) is 29.2 Å². The van der Waals surface area contributed by atoms with Gasteiger partial charge in [0.2, 0.25) is 10.0 Å². The lowest BCUT2D eigenvalue weighted by Gasteiger charge is -2.17. The Morgan fingerprint density at radius 3 is 2.57 bits per heavy atom. The third-order valence-corrected chi connectivity index (χ3v) is 4.81. The Hall–Kier alpha value is -0.950. The highest BCUT2D eigenvalue weighted by atomic mass is 32.2. The molecule has 2 atom stereocenters. The monoisotopic (exact) mass is 314 g/mol. The Balaban J connectivity index is 2.92. The Labute approximate surface area is 128 Å². The van der Waals surface area contributed by atoms with Crippen LogP contribution in [-0.2, 0) is 14.8 Å². The van der Waals surface area contributed by atoms with Crippen LogP contribution in [0.4, 0.5) is 0 Å². The summed E-state index contributed by atoms with van der Waals surface area (Å²) in [6, 6.07) is 7.25. The minimum atomic E-state index is -3.50. The van der Waals surface area contributed by atoms with Gasteiger partial charge in [-0.1, -0.05) is 26.0 Å². The second-order valence-corrected chi connectivity index (χ2v) is 6.76. The minimum Gasteiger partial charge on any atom is -0.380 e. The molecule has 0 radical (unpaired) electrons. The van der Waals surface area contributed by atoms with Crippen LogP contribution >= 0.6 is 0 Å². The Kier molecular flexibility index (Phi) is 7.31. The molecule has 21 heavy (non-hydrogen) atoms. The molecule has 0 aliphatic carbocycles. The fraction of sp³-hybridized carbons (Fsp3) is 0.600. The van der Waals surface area contributed by atoms with Crippen LogP contribution in [0.25, 0.3) is 0 Å². The maximum absolute atomic E-state index is 12.3. The zero-order valence-corrected chi connectivity index (χ0v) is 14.0. The van der Waals surface area contributed by atoms with Crippen LogP contribution in [0.3, 0.4) is 0 Å². The van der Waals surface area contributed by atoms with E-state index in [4.69, 9.17) is 4.74 Å². The van der Waals surface area contributed by atoms with E-state index in [0.29, 0.717) is 4.90 Å². The summed E-state index contributed by atoms with van der Waals surface area (Å²) in [6.45, 7) is 7.04. The number of ether oxygens (including phenoxy) is 1. The molecule has 1 aromatic rings. The standard InChI is InChI=1S/C15H26N2O3S/c1-5-15(16-6-2)13-8-7-9-14(10-13)21(18,19)17-11-12(3)20-4/h7-10,12,15-17H,5-6,11H2,1-4H3. The van der Waals surface area contributed by atoms with E-state index in [-0.39, 0.29) is 18.7 Å². The van der Waals surface area contributed by atoms with Gasteiger partial charge in [0.25, 0.3) is 0 Å². The van der Waals surface area contributed by atoms with Gasteiger partial charge in [0.05, 0.1) is 11.0 Å². The van der Waals surface area contributed by atoms with Gasteiger partial charge in [-0.2, -0.15) is 0 Å². The van der Waals surface area contributed by atoms with Crippen molar-refractivity contribution in [1.29, 1.82) is 0 Å². The lowest BCUT2D eigenvalue weighted by molar-refractivity contribution is 0.122. The van der Waals surface area contributed by atoms with Gasteiger partial charge in [-0.3, -0.25) is 0 Å². The van der Waals surface area contributed by atoms with Crippen LogP contribution in [-0.4, -0.2) is 34.7 Å². The number of sulfonamides is 1. The molecule has 5 nitrogen and oxygen atoms in total. The van der Waals surface area contributed by atoms with Crippen molar-refractivity contribution in [2.75, 3.05) is 20.2 Å². The summed E-state index contributed by atoms with van der Waals surface area (Å²) in [5.41, 5.74) is 0.988. The summed E-state index contributed by atoms with van der Waals surface area (Å²) in [4.78, 5) is 0.291. The second-order valence-electron chi connectivity index (χ2n) is 4.99. The van der Waals surface area contributed by atoms with Gasteiger partial charge in [0.1, 0.15) is 0 Å². The van der Waals surface area contributed by atoms with Gasteiger partial charge in [-0.05, 0) is 37.6 Å². The van der Waals surface area contributed by atoms with Crippen molar-refractivity contribution in [3.63, 3.8) is 0 Å². The first-order valence-electron chi connectivity index (χ1n) is 7.30. The van der Waals surface area contributed by atoms with Crippen molar-refractivity contribution in [3.05, 3.63) is 29.8 Å². The molecule has 0 saturated carbocycles. The molecule has 1 aromatic carbocycles. The van der Waals surface area contributed by atoms with E-state index in [9.17, 15) is 8.42 Å². The second kappa shape index (κ2) is 8.48. The molecule has 0 spiro atoms. The van der Waals surface area contributed by atoms with Gasteiger partial charge in [-0.15, -0.1) is 0 Å². The zero-order valence-electron chi connectivity index (χ0n) is 13.2. The number of benzene rings is 1. The topological polar surface area (TPSA) is 67.4 Å². The largest absolute Gasteiger partial charge is 0.380 e. The highest BCUT2D eigenvalue weighted by Gasteiger charge is 2.17. The molecule has 0 amide bonds. The predicted octanol–water partition coefficient (Wildman–Crippen LogP) is 2.06. The Morgan fingerprint density at radius 1 is 1.29 bits per heavy atom. The molecule has 0 heterocycles. The van der Waals surface area contributed by atoms with Crippen LogP contribution in [0.5, 0.6) is 0 Å². The summed E-state index contributed by atoms with van der Waals surface area (Å²) < 4.78 is 32.2. The molecule has 0 aliphatic rings. The van der Waals surface area contributed by atoms with E-state index in [0.717, 1.165) is 18.5 Å². The highest BCUT2D eigenvalue weighted by molar-refractivity contribution is 7.89. The van der Waals surface area contributed by atoms with Gasteiger partial charge >= 0.3 is 0 Å². The average molecular weight is 314 g/mol. The molecule has 2 unspecified atom stereocenters. The van der Waals surface area contributed by atoms with Gasteiger partial charge in [0, 0.05) is 19.7 Å². The highest BCUT2D eigenvalue weighted by Crippen LogP contribution is 2.20. The van der Waals surface area contributed by atoms with E-state index in [1.807, 2.05) is 19.9 Å². The summed E-state index contributed by atoms with van der Waals surface area (Å²) >= 11 is 0. The molecular weight excluding hydrogens is 288 g/mol. The number of hydrogen-bond acceptors (Lipinski definition) is 4. The first kappa shape index (κ1) is 18.1. The number of hydrogen-bond donors (Lipinski definition) is 2. The molecule has 0 aliphatic heterocycles. The van der Waals surface area contributed by atoms with Crippen molar-refractivity contribution in [3.8, 4) is 0 Å². The van der Waals surface area contributed by atoms with E-state index < -0.39 is 10.0 Å². The molecule has 0 fully saturated rings. The van der Waals surface area contributed by atoms with Gasteiger partial charge < -0.3 is 10.1 Å². The molecule has 120 valence electrons. The molecule has 1 rings (SSSR count). The SMILES string of the molecule is CCNC(CC)c1cccc(S(=O)(=O)NCC(C)OC)c1. The normalized spacial score (nSPS) is 14.9. The number of methoxy groups -OCH3 is 1. The van der Waals surface area contributed by atoms with Crippen molar-refractivity contribution in [2.24, 2.45) is 0 Å². The van der Waals surface area contributed by atoms with Gasteiger partial charge in [0.15, 0.2) is 0 Å². The van der Waals surface area contributed by atoms with Crippen molar-refractivity contribution in [1.82, 2.24) is 10.0 Å². The minimum absolute atomic E-state index is 0.159. The Morgan fingerprint density at radius 2 is 2.00 bits per heavy atom. The van der Waals surface area contributed by atoms with Crippen molar-refractivity contribution in [2.45, 2.75) is 44.2 Å². The molecule has 2 N–H and O–H groups in total. The van der Waals surface area contributed by atoms with E-state index >= 15 is 0 Å². The first-order valence-corrected chi connectivity index (χ1v) is 8.78. The summed E-state index contributed by atoms with van der Waals surface area (Å²) in [5, 5.41) is 3.35. The average Bonchev–Trinajstić information content (AvgIpc) is 2.50. The fourth-order valence-electron chi connectivity index (χ4n) is 2.04. The van der Waals surface area contributed by atoms with Crippen LogP contribution in [0.1, 0.15) is 38.8 Å². The van der Waals surface area contributed by atoms with Crippen molar-refractivity contribution < 1.29 is 13.2 Å².